The molecule has 0 aromatic carbocycles. The molecular formula is C15H24O. The summed E-state index contributed by atoms with van der Waals surface area (Å²) in [6.45, 7) is 6.27. The first-order chi connectivity index (χ1) is 7.59. The summed E-state index contributed by atoms with van der Waals surface area (Å²) in [5, 5.41) is 0. The van der Waals surface area contributed by atoms with Crippen molar-refractivity contribution in [2.24, 2.45) is 23.2 Å². The predicted octanol–water partition coefficient (Wildman–Crippen LogP) is 3.98. The van der Waals surface area contributed by atoms with Gasteiger partial charge in [0.2, 0.25) is 0 Å². The molecule has 16 heavy (non-hydrogen) atoms. The van der Waals surface area contributed by atoms with Crippen molar-refractivity contribution in [2.45, 2.75) is 52.9 Å². The molecule has 90 valence electrons. The molecule has 1 unspecified atom stereocenters. The Morgan fingerprint density at radius 1 is 1.31 bits per heavy atom. The van der Waals surface area contributed by atoms with Gasteiger partial charge in [-0.3, -0.25) is 4.79 Å². The van der Waals surface area contributed by atoms with Crippen LogP contribution in [-0.4, -0.2) is 5.78 Å². The lowest BCUT2D eigenvalue weighted by atomic mass is 9.61. The molecule has 0 aromatic heterocycles. The van der Waals surface area contributed by atoms with E-state index < -0.39 is 0 Å². The summed E-state index contributed by atoms with van der Waals surface area (Å²) in [6, 6.07) is 0. The average Bonchev–Trinajstić information content (AvgIpc) is 2.56. The highest BCUT2D eigenvalue weighted by Crippen LogP contribution is 2.57. The molecule has 0 bridgehead atoms. The second kappa shape index (κ2) is 4.35. The minimum Gasteiger partial charge on any atom is -0.300 e. The molecule has 2 saturated carbocycles. The van der Waals surface area contributed by atoms with E-state index in [0.717, 1.165) is 18.3 Å². The molecule has 0 heterocycles. The van der Waals surface area contributed by atoms with Gasteiger partial charge >= 0.3 is 0 Å². The Morgan fingerprint density at radius 3 is 2.69 bits per heavy atom. The molecular weight excluding hydrogens is 196 g/mol. The van der Waals surface area contributed by atoms with E-state index in [1.807, 2.05) is 0 Å². The molecule has 0 N–H and O–H groups in total. The van der Waals surface area contributed by atoms with E-state index in [4.69, 9.17) is 0 Å². The molecule has 0 amide bonds. The van der Waals surface area contributed by atoms with E-state index in [9.17, 15) is 4.79 Å². The Hall–Kier alpha value is -0.590. The summed E-state index contributed by atoms with van der Waals surface area (Å²) in [5.74, 6) is 2.25. The van der Waals surface area contributed by atoms with Gasteiger partial charge in [-0.1, -0.05) is 25.5 Å². The van der Waals surface area contributed by atoms with Gasteiger partial charge in [-0.05, 0) is 56.8 Å². The molecule has 2 aliphatic carbocycles. The molecule has 2 fully saturated rings. The fourth-order valence-corrected chi connectivity index (χ4v) is 4.39. The van der Waals surface area contributed by atoms with Gasteiger partial charge in [0.15, 0.2) is 0 Å². The molecule has 0 saturated heterocycles. The van der Waals surface area contributed by atoms with Crippen molar-refractivity contribution in [3.05, 3.63) is 12.2 Å². The minimum atomic E-state index is 0.300. The van der Waals surface area contributed by atoms with E-state index in [1.54, 1.807) is 6.92 Å². The highest BCUT2D eigenvalue weighted by Gasteiger charge is 2.51. The SMILES string of the molecule is C/C=C/[C@@H]1CCC[C@@]2(C)C1CC[C@@H]2C(C)=O. The lowest BCUT2D eigenvalue weighted by Crippen LogP contribution is -2.38. The van der Waals surface area contributed by atoms with Gasteiger partial charge in [-0.2, -0.15) is 0 Å². The Morgan fingerprint density at radius 2 is 2.06 bits per heavy atom. The van der Waals surface area contributed by atoms with E-state index in [2.05, 4.69) is 26.0 Å². The third-order valence-corrected chi connectivity index (χ3v) is 5.11. The Bertz CT molecular complexity index is 305. The molecule has 0 spiro atoms. The van der Waals surface area contributed by atoms with Crippen molar-refractivity contribution in [3.63, 3.8) is 0 Å². The first-order valence-corrected chi connectivity index (χ1v) is 6.73. The van der Waals surface area contributed by atoms with Crippen LogP contribution in [0.25, 0.3) is 0 Å². The number of hydrogen-bond acceptors (Lipinski definition) is 1. The maximum atomic E-state index is 11.8. The van der Waals surface area contributed by atoms with Crippen LogP contribution in [0.4, 0.5) is 0 Å². The van der Waals surface area contributed by atoms with Gasteiger partial charge in [-0.25, -0.2) is 0 Å². The van der Waals surface area contributed by atoms with Crippen LogP contribution in [-0.2, 0) is 4.79 Å². The standard InChI is InChI=1S/C15H24O/c1-4-6-12-7-5-10-15(3)13(11(2)16)8-9-14(12)15/h4,6,12-14H,5,7-10H2,1-3H3/b6-4+/t12-,13-,14?,15-/m1/s1. The summed E-state index contributed by atoms with van der Waals surface area (Å²) in [7, 11) is 0. The van der Waals surface area contributed by atoms with Gasteiger partial charge in [0.25, 0.3) is 0 Å². The number of rotatable bonds is 2. The first-order valence-electron chi connectivity index (χ1n) is 6.73. The van der Waals surface area contributed by atoms with Gasteiger partial charge < -0.3 is 0 Å². The monoisotopic (exact) mass is 220 g/mol. The number of carbonyl (C=O) groups is 1. The lowest BCUT2D eigenvalue weighted by Gasteiger charge is -2.43. The second-order valence-corrected chi connectivity index (χ2v) is 5.93. The smallest absolute Gasteiger partial charge is 0.133 e. The van der Waals surface area contributed by atoms with E-state index in [0.29, 0.717) is 17.1 Å². The summed E-state index contributed by atoms with van der Waals surface area (Å²) in [5.41, 5.74) is 0.300. The molecule has 4 atom stereocenters. The Kier molecular flexibility index (Phi) is 3.23. The van der Waals surface area contributed by atoms with Crippen molar-refractivity contribution in [1.29, 1.82) is 0 Å². The van der Waals surface area contributed by atoms with Crippen molar-refractivity contribution in [2.75, 3.05) is 0 Å². The summed E-state index contributed by atoms with van der Waals surface area (Å²) in [4.78, 5) is 11.8. The lowest BCUT2D eigenvalue weighted by molar-refractivity contribution is -0.125. The van der Waals surface area contributed by atoms with Gasteiger partial charge in [-0.15, -0.1) is 0 Å². The summed E-state index contributed by atoms with van der Waals surface area (Å²) in [6.07, 6.45) is 10.8. The van der Waals surface area contributed by atoms with Crippen molar-refractivity contribution in [3.8, 4) is 0 Å². The topological polar surface area (TPSA) is 17.1 Å². The molecule has 0 radical (unpaired) electrons. The van der Waals surface area contributed by atoms with Crippen LogP contribution < -0.4 is 0 Å². The highest BCUT2D eigenvalue weighted by atomic mass is 16.1. The van der Waals surface area contributed by atoms with Crippen LogP contribution in [0, 0.1) is 23.2 Å². The normalized spacial score (nSPS) is 43.6. The quantitative estimate of drug-likeness (QED) is 0.643. The second-order valence-electron chi connectivity index (χ2n) is 5.93. The number of allylic oxidation sites excluding steroid dienone is 2. The van der Waals surface area contributed by atoms with Crippen LogP contribution in [0.1, 0.15) is 52.9 Å². The van der Waals surface area contributed by atoms with Gasteiger partial charge in [0.05, 0.1) is 0 Å². The van der Waals surface area contributed by atoms with Crippen LogP contribution in [0.5, 0.6) is 0 Å². The molecule has 1 heteroatoms. The number of fused-ring (bicyclic) bond motifs is 1. The number of ketones is 1. The molecule has 2 aliphatic rings. The molecule has 0 aromatic rings. The highest BCUT2D eigenvalue weighted by molar-refractivity contribution is 5.79. The number of carbonyl (C=O) groups excluding carboxylic acids is 1. The summed E-state index contributed by atoms with van der Waals surface area (Å²) >= 11 is 0. The molecule has 1 nitrogen and oxygen atoms in total. The van der Waals surface area contributed by atoms with Crippen molar-refractivity contribution < 1.29 is 4.79 Å². The number of Topliss-reactive ketones (excluding diaryl/α,β-unsaturated/α-hetero) is 1. The Balaban J connectivity index is 2.24. The predicted molar refractivity (Wildman–Crippen MR) is 67.2 cm³/mol. The Labute approximate surface area is 99.3 Å². The fourth-order valence-electron chi connectivity index (χ4n) is 4.39. The van der Waals surface area contributed by atoms with Crippen molar-refractivity contribution >= 4 is 5.78 Å². The van der Waals surface area contributed by atoms with Crippen LogP contribution >= 0.6 is 0 Å². The third kappa shape index (κ3) is 1.74. The maximum absolute atomic E-state index is 11.8. The third-order valence-electron chi connectivity index (χ3n) is 5.11. The average molecular weight is 220 g/mol. The first kappa shape index (κ1) is 11.9. The molecule has 0 aliphatic heterocycles. The summed E-state index contributed by atoms with van der Waals surface area (Å²) < 4.78 is 0. The maximum Gasteiger partial charge on any atom is 0.133 e. The van der Waals surface area contributed by atoms with Crippen LogP contribution in [0.15, 0.2) is 12.2 Å². The van der Waals surface area contributed by atoms with E-state index in [1.165, 1.54) is 25.7 Å². The zero-order chi connectivity index (χ0) is 11.8. The zero-order valence-corrected chi connectivity index (χ0v) is 10.8. The van der Waals surface area contributed by atoms with Crippen LogP contribution in [0.2, 0.25) is 0 Å². The minimum absolute atomic E-state index is 0.300. The zero-order valence-electron chi connectivity index (χ0n) is 10.8. The van der Waals surface area contributed by atoms with Crippen LogP contribution in [0.3, 0.4) is 0 Å². The largest absolute Gasteiger partial charge is 0.300 e. The van der Waals surface area contributed by atoms with E-state index >= 15 is 0 Å². The van der Waals surface area contributed by atoms with Gasteiger partial charge in [0.1, 0.15) is 5.78 Å². The van der Waals surface area contributed by atoms with Gasteiger partial charge in [0, 0.05) is 5.92 Å². The van der Waals surface area contributed by atoms with Crippen molar-refractivity contribution in [1.82, 2.24) is 0 Å². The molecule has 2 rings (SSSR count). The van der Waals surface area contributed by atoms with E-state index in [-0.39, 0.29) is 0 Å². The number of hydrogen-bond donors (Lipinski definition) is 0. The fraction of sp³-hybridized carbons (Fsp3) is 0.800.